The number of aromatic amines is 3. The quantitative estimate of drug-likeness (QED) is 0.0569. The highest BCUT2D eigenvalue weighted by Gasteiger charge is 2.37. The molecule has 5 heterocycles. The average Bonchev–Trinajstić information content (AvgIpc) is 3.71. The highest BCUT2D eigenvalue weighted by molar-refractivity contribution is 7.51. The van der Waals surface area contributed by atoms with Gasteiger partial charge in [-0.15, -0.1) is 0 Å². The van der Waals surface area contributed by atoms with Crippen LogP contribution in [0.15, 0.2) is 51.7 Å². The minimum Gasteiger partial charge on any atom is -0.390 e. The van der Waals surface area contributed by atoms with Gasteiger partial charge in [0.2, 0.25) is 11.9 Å². The Kier molecular flexibility index (Phi) is 8.27. The van der Waals surface area contributed by atoms with Gasteiger partial charge < -0.3 is 30.4 Å². The molecule has 0 radical (unpaired) electrons. The summed E-state index contributed by atoms with van der Waals surface area (Å²) in [6, 6.07) is 0. The minimum atomic E-state index is -4.27. The van der Waals surface area contributed by atoms with Crippen molar-refractivity contribution in [2.75, 3.05) is 25.0 Å². The number of imidazole rings is 2. The average molecular weight is 604 g/mol. The summed E-state index contributed by atoms with van der Waals surface area (Å²) in [7, 11) is -4.27. The van der Waals surface area contributed by atoms with Gasteiger partial charge >= 0.3 is 13.4 Å². The van der Waals surface area contributed by atoms with E-state index in [1.54, 1.807) is 0 Å². The van der Waals surface area contributed by atoms with Crippen molar-refractivity contribution < 1.29 is 28.6 Å². The molecule has 1 saturated heterocycles. The van der Waals surface area contributed by atoms with Gasteiger partial charge in [0.15, 0.2) is 11.2 Å². The number of aliphatic hydroxyl groups excluding tert-OH is 1. The maximum atomic E-state index is 12.4. The highest BCUT2D eigenvalue weighted by Crippen LogP contribution is 2.44. The van der Waals surface area contributed by atoms with Gasteiger partial charge in [0, 0.05) is 44.2 Å². The van der Waals surface area contributed by atoms with E-state index >= 15 is 0 Å². The Morgan fingerprint density at radius 2 is 2.10 bits per heavy atom. The normalized spacial score (nSPS) is 20.2. The van der Waals surface area contributed by atoms with Crippen molar-refractivity contribution >= 4 is 36.8 Å². The van der Waals surface area contributed by atoms with E-state index in [9.17, 15) is 33.7 Å². The molecular weight excluding hydrogens is 579 g/mol. The van der Waals surface area contributed by atoms with E-state index in [0.29, 0.717) is 5.65 Å². The Labute approximate surface area is 233 Å². The summed E-state index contributed by atoms with van der Waals surface area (Å²) in [6.45, 7) is -0.107. The van der Waals surface area contributed by atoms with E-state index in [4.69, 9.17) is 9.26 Å². The minimum absolute atomic E-state index is 0.0460. The van der Waals surface area contributed by atoms with Gasteiger partial charge in [0.25, 0.3) is 11.1 Å². The van der Waals surface area contributed by atoms with Crippen molar-refractivity contribution in [2.24, 2.45) is 0 Å². The Balaban J connectivity index is 1.16. The molecule has 5 rings (SSSR count). The SMILES string of the molecule is O=C(/C=C/c1cn([C@H]2CC(O)[C@@H](COP(=O)(O)n3ccnc3)O2)c(=O)[nH]c1=O)NCCNc1nc2[nH]cnc2c(=O)[nH]1. The van der Waals surface area contributed by atoms with Crippen molar-refractivity contribution in [3.63, 3.8) is 0 Å². The van der Waals surface area contributed by atoms with Crippen LogP contribution in [0.1, 0.15) is 18.2 Å². The van der Waals surface area contributed by atoms with Crippen LogP contribution in [-0.4, -0.2) is 86.6 Å². The molecule has 4 aromatic heterocycles. The van der Waals surface area contributed by atoms with Gasteiger partial charge in [-0.1, -0.05) is 0 Å². The van der Waals surface area contributed by atoms with Crippen LogP contribution in [0, 0.1) is 0 Å². The first-order valence-corrected chi connectivity index (χ1v) is 13.9. The number of rotatable bonds is 11. The maximum absolute atomic E-state index is 12.4. The standard InChI is InChI=1S/C22H25N10O9P/c33-13-7-16(41-14(13)9-40-42(38,39)31-6-5-23-11-31)32-8-12(19(35)30-22(32)37)1-2-15(34)24-3-4-25-21-28-18-17(20(36)29-21)26-10-27-18/h1-2,5-6,8,10-11,13-14,16,33H,3-4,7,9H2,(H,24,34)(H,38,39)(H,30,35,37)(H3,25,26,27,28,29,36)/b2-1+/t13?,14-,16-/m1/s1. The molecular formula is C22H25N10O9P. The molecule has 222 valence electrons. The third kappa shape index (κ3) is 6.45. The summed E-state index contributed by atoms with van der Waals surface area (Å²) >= 11 is 0. The molecule has 2 unspecified atom stereocenters. The number of nitrogens with zero attached hydrogens (tertiary/aromatic N) is 5. The lowest BCUT2D eigenvalue weighted by Gasteiger charge is -2.18. The molecule has 0 aliphatic carbocycles. The summed E-state index contributed by atoms with van der Waals surface area (Å²) in [5.74, 6) is -0.359. The molecule has 0 saturated carbocycles. The number of anilines is 1. The molecule has 0 bridgehead atoms. The van der Waals surface area contributed by atoms with E-state index in [-0.39, 0.29) is 36.5 Å². The number of hydrogen-bond donors (Lipinski definition) is 7. The predicted octanol–water partition coefficient (Wildman–Crippen LogP) is -1.75. The second kappa shape index (κ2) is 12.0. The molecule has 19 nitrogen and oxygen atoms in total. The van der Waals surface area contributed by atoms with Gasteiger partial charge in [-0.05, 0) is 6.08 Å². The highest BCUT2D eigenvalue weighted by atomic mass is 31.2. The number of hydrogen-bond acceptors (Lipinski definition) is 12. The molecule has 4 atom stereocenters. The first-order valence-electron chi connectivity index (χ1n) is 12.4. The number of H-pyrrole nitrogens is 3. The number of fused-ring (bicyclic) bond motifs is 1. The number of aromatic nitrogens is 8. The fraction of sp³-hybridized carbons (Fsp3) is 0.318. The van der Waals surface area contributed by atoms with Gasteiger partial charge in [0.05, 0.1) is 24.6 Å². The molecule has 1 aliphatic heterocycles. The zero-order chi connectivity index (χ0) is 29.9. The smallest absolute Gasteiger partial charge is 0.390 e. The predicted molar refractivity (Wildman–Crippen MR) is 144 cm³/mol. The van der Waals surface area contributed by atoms with Gasteiger partial charge in [-0.25, -0.2) is 23.7 Å². The van der Waals surface area contributed by atoms with Crippen LogP contribution in [0.5, 0.6) is 0 Å². The number of nitrogens with one attached hydrogen (secondary N) is 5. The van der Waals surface area contributed by atoms with Crippen molar-refractivity contribution in [1.29, 1.82) is 0 Å². The van der Waals surface area contributed by atoms with Crippen molar-refractivity contribution in [2.45, 2.75) is 24.9 Å². The summed E-state index contributed by atoms with van der Waals surface area (Å²) < 4.78 is 24.9. The lowest BCUT2D eigenvalue weighted by Crippen LogP contribution is -2.33. The van der Waals surface area contributed by atoms with Crippen LogP contribution in [0.2, 0.25) is 0 Å². The second-order valence-corrected chi connectivity index (χ2v) is 10.7. The molecule has 42 heavy (non-hydrogen) atoms. The Bertz CT molecular complexity index is 1830. The number of aliphatic hydroxyl groups is 1. The van der Waals surface area contributed by atoms with Crippen LogP contribution in [-0.2, 0) is 18.6 Å². The third-order valence-corrected chi connectivity index (χ3v) is 7.43. The fourth-order valence-electron chi connectivity index (χ4n) is 4.03. The monoisotopic (exact) mass is 604 g/mol. The van der Waals surface area contributed by atoms with Crippen molar-refractivity contribution in [3.8, 4) is 0 Å². The molecule has 20 heteroatoms. The van der Waals surface area contributed by atoms with Gasteiger partial charge in [-0.3, -0.25) is 33.4 Å². The maximum Gasteiger partial charge on any atom is 0.437 e. The zero-order valence-corrected chi connectivity index (χ0v) is 22.4. The molecule has 4 aromatic rings. The molecule has 1 amide bonds. The third-order valence-electron chi connectivity index (χ3n) is 6.12. The van der Waals surface area contributed by atoms with E-state index in [1.165, 1.54) is 31.0 Å². The van der Waals surface area contributed by atoms with Crippen LogP contribution in [0.25, 0.3) is 17.2 Å². The Morgan fingerprint density at radius 1 is 1.26 bits per heavy atom. The molecule has 7 N–H and O–H groups in total. The Morgan fingerprint density at radius 3 is 2.88 bits per heavy atom. The summed E-state index contributed by atoms with van der Waals surface area (Å²) in [4.78, 5) is 78.0. The lowest BCUT2D eigenvalue weighted by atomic mass is 10.2. The fourth-order valence-corrected chi connectivity index (χ4v) is 4.92. The van der Waals surface area contributed by atoms with Gasteiger partial charge in [0.1, 0.15) is 18.7 Å². The molecule has 1 fully saturated rings. The van der Waals surface area contributed by atoms with E-state index < -0.39 is 55.5 Å². The van der Waals surface area contributed by atoms with Crippen LogP contribution in [0.3, 0.4) is 0 Å². The summed E-state index contributed by atoms with van der Waals surface area (Å²) in [5.41, 5.74) is -1.57. The van der Waals surface area contributed by atoms with E-state index in [1.807, 2.05) is 0 Å². The largest absolute Gasteiger partial charge is 0.437 e. The number of ether oxygens (including phenoxy) is 1. The summed E-state index contributed by atoms with van der Waals surface area (Å²) in [5, 5.41) is 15.8. The molecule has 0 spiro atoms. The van der Waals surface area contributed by atoms with Crippen molar-refractivity contribution in [3.05, 3.63) is 74.1 Å². The first-order chi connectivity index (χ1) is 20.1. The van der Waals surface area contributed by atoms with Crippen LogP contribution >= 0.6 is 7.75 Å². The molecule has 0 aromatic carbocycles. The topological polar surface area (TPSA) is 264 Å². The zero-order valence-electron chi connectivity index (χ0n) is 21.5. The Hall–Kier alpha value is -4.68. The number of carbonyl (C=O) groups is 1. The van der Waals surface area contributed by atoms with Gasteiger partial charge in [-0.2, -0.15) is 4.98 Å². The van der Waals surface area contributed by atoms with E-state index in [2.05, 4.69) is 40.5 Å². The van der Waals surface area contributed by atoms with Crippen molar-refractivity contribution in [1.82, 2.24) is 44.1 Å². The van der Waals surface area contributed by atoms with Crippen LogP contribution in [0.4, 0.5) is 5.95 Å². The summed E-state index contributed by atoms with van der Waals surface area (Å²) in [6.07, 6.45) is 5.13. The van der Waals surface area contributed by atoms with E-state index in [0.717, 1.165) is 21.3 Å². The number of amides is 1. The first kappa shape index (κ1) is 28.8. The number of carbonyl (C=O) groups excluding carboxylic acids is 1. The lowest BCUT2D eigenvalue weighted by molar-refractivity contribution is -0.116. The van der Waals surface area contributed by atoms with Crippen LogP contribution < -0.4 is 27.4 Å². The second-order valence-electron chi connectivity index (χ2n) is 8.98. The molecule has 1 aliphatic rings.